The van der Waals surface area contributed by atoms with Crippen LogP contribution in [0.2, 0.25) is 0 Å². The quantitative estimate of drug-likeness (QED) is 0.597. The lowest BCUT2D eigenvalue weighted by Crippen LogP contribution is -2.42. The number of hydrogen-bond donors (Lipinski definition) is 0. The van der Waals surface area contributed by atoms with Gasteiger partial charge in [-0.15, -0.1) is 23.5 Å². The molecule has 2 nitrogen and oxygen atoms in total. The Balaban J connectivity index is 2.20. The van der Waals surface area contributed by atoms with E-state index >= 15 is 0 Å². The molecule has 0 N–H and O–H groups in total. The molecule has 2 aliphatic rings. The fourth-order valence-electron chi connectivity index (χ4n) is 2.16. The molecule has 4 unspecified atom stereocenters. The minimum Gasteiger partial charge on any atom is -0.214 e. The van der Waals surface area contributed by atoms with Crippen LogP contribution in [0.5, 0.6) is 0 Å². The van der Waals surface area contributed by atoms with E-state index in [1.54, 1.807) is 0 Å². The Labute approximate surface area is 83.0 Å². The van der Waals surface area contributed by atoms with E-state index in [1.807, 2.05) is 0 Å². The maximum atomic E-state index is 2.52. The highest BCUT2D eigenvalue weighted by Crippen LogP contribution is 2.47. The third-order valence-electron chi connectivity index (χ3n) is 2.54. The predicted molar refractivity (Wildman–Crippen MR) is 56.7 cm³/mol. The van der Waals surface area contributed by atoms with Gasteiger partial charge in [-0.05, 0) is 27.7 Å². The monoisotopic (exact) mass is 204 g/mol. The van der Waals surface area contributed by atoms with E-state index in [0.717, 1.165) is 0 Å². The van der Waals surface area contributed by atoms with Crippen molar-refractivity contribution in [2.45, 2.75) is 49.2 Å². The van der Waals surface area contributed by atoms with Gasteiger partial charge in [0.1, 0.15) is 0 Å². The zero-order chi connectivity index (χ0) is 8.88. The number of thioether (sulfide) groups is 2. The Bertz CT molecular complexity index is 152. The molecule has 0 saturated carbocycles. The van der Waals surface area contributed by atoms with E-state index in [9.17, 15) is 0 Å². The summed E-state index contributed by atoms with van der Waals surface area (Å²) in [6.07, 6.45) is 0. The third-order valence-corrected chi connectivity index (χ3v) is 4.98. The van der Waals surface area contributed by atoms with Crippen molar-refractivity contribution in [1.29, 1.82) is 0 Å². The molecule has 0 aliphatic carbocycles. The molecule has 4 heteroatoms. The Morgan fingerprint density at radius 1 is 0.667 bits per heavy atom. The van der Waals surface area contributed by atoms with Crippen LogP contribution in [0.1, 0.15) is 27.7 Å². The first-order valence-electron chi connectivity index (χ1n) is 4.49. The number of rotatable bonds is 0. The highest BCUT2D eigenvalue weighted by Gasteiger charge is 2.46. The summed E-state index contributed by atoms with van der Waals surface area (Å²) in [4.78, 5) is 0. The molecule has 0 aromatic heterocycles. The van der Waals surface area contributed by atoms with Crippen molar-refractivity contribution in [3.8, 4) is 0 Å². The van der Waals surface area contributed by atoms with E-state index < -0.39 is 0 Å². The van der Waals surface area contributed by atoms with Gasteiger partial charge in [0.25, 0.3) is 0 Å². The van der Waals surface area contributed by atoms with Gasteiger partial charge in [0.2, 0.25) is 0 Å². The zero-order valence-corrected chi connectivity index (χ0v) is 9.65. The van der Waals surface area contributed by atoms with Crippen LogP contribution in [-0.4, -0.2) is 31.5 Å². The second kappa shape index (κ2) is 3.08. The first-order valence-corrected chi connectivity index (χ1v) is 6.37. The van der Waals surface area contributed by atoms with Crippen LogP contribution in [0.25, 0.3) is 0 Å². The molecule has 0 bridgehead atoms. The summed E-state index contributed by atoms with van der Waals surface area (Å²) in [7, 11) is 0. The summed E-state index contributed by atoms with van der Waals surface area (Å²) in [5, 5.41) is 7.68. The van der Waals surface area contributed by atoms with Gasteiger partial charge in [-0.25, -0.2) is 10.0 Å². The van der Waals surface area contributed by atoms with Crippen molar-refractivity contribution >= 4 is 23.5 Å². The molecule has 2 aliphatic heterocycles. The lowest BCUT2D eigenvalue weighted by atomic mass is 10.5. The van der Waals surface area contributed by atoms with Crippen molar-refractivity contribution in [3.05, 3.63) is 0 Å². The summed E-state index contributed by atoms with van der Waals surface area (Å²) < 4.78 is 0. The standard InChI is InChI=1S/C8H16N2S2/c1-5-9-6(2)12-8(4)10(9)7(3)11-5/h5-8H,1-4H3. The van der Waals surface area contributed by atoms with Gasteiger partial charge in [0, 0.05) is 0 Å². The maximum Gasteiger partial charge on any atom is 0.0700 e. The van der Waals surface area contributed by atoms with Crippen molar-refractivity contribution in [2.24, 2.45) is 0 Å². The van der Waals surface area contributed by atoms with Crippen molar-refractivity contribution in [3.63, 3.8) is 0 Å². The molecule has 0 spiro atoms. The van der Waals surface area contributed by atoms with Crippen LogP contribution in [0.3, 0.4) is 0 Å². The molecular weight excluding hydrogens is 188 g/mol. The van der Waals surface area contributed by atoms with E-state index in [-0.39, 0.29) is 0 Å². The van der Waals surface area contributed by atoms with Gasteiger partial charge in [-0.3, -0.25) is 0 Å². The summed E-state index contributed by atoms with van der Waals surface area (Å²) in [6, 6.07) is 0. The minimum absolute atomic E-state index is 0.660. The Morgan fingerprint density at radius 3 is 1.17 bits per heavy atom. The Morgan fingerprint density at radius 2 is 0.917 bits per heavy atom. The fourth-order valence-corrected chi connectivity index (χ4v) is 5.12. The Hall–Kier alpha value is 0.620. The van der Waals surface area contributed by atoms with Crippen LogP contribution in [0, 0.1) is 0 Å². The van der Waals surface area contributed by atoms with Crippen LogP contribution in [0.4, 0.5) is 0 Å². The number of fused-ring (bicyclic) bond motifs is 1. The molecule has 12 heavy (non-hydrogen) atoms. The molecule has 2 fully saturated rings. The van der Waals surface area contributed by atoms with Gasteiger partial charge < -0.3 is 0 Å². The van der Waals surface area contributed by atoms with Crippen LogP contribution in [0.15, 0.2) is 0 Å². The molecule has 0 aromatic rings. The van der Waals surface area contributed by atoms with Gasteiger partial charge in [0.15, 0.2) is 0 Å². The SMILES string of the molecule is CC1SC(C)N2C(C)SC(C)N12. The van der Waals surface area contributed by atoms with Gasteiger partial charge in [0.05, 0.1) is 21.5 Å². The van der Waals surface area contributed by atoms with Crippen LogP contribution < -0.4 is 0 Å². The van der Waals surface area contributed by atoms with Gasteiger partial charge in [-0.1, -0.05) is 0 Å². The summed E-state index contributed by atoms with van der Waals surface area (Å²) in [5.74, 6) is 0. The highest BCUT2D eigenvalue weighted by atomic mass is 32.2. The smallest absolute Gasteiger partial charge is 0.0700 e. The van der Waals surface area contributed by atoms with Gasteiger partial charge in [-0.2, -0.15) is 0 Å². The van der Waals surface area contributed by atoms with Crippen LogP contribution >= 0.6 is 23.5 Å². The van der Waals surface area contributed by atoms with E-state index in [0.29, 0.717) is 21.5 Å². The second-order valence-electron chi connectivity index (χ2n) is 3.43. The first-order chi connectivity index (χ1) is 5.61. The van der Waals surface area contributed by atoms with Crippen LogP contribution in [-0.2, 0) is 0 Å². The number of hydrazine groups is 1. The average Bonchev–Trinajstić information content (AvgIpc) is 2.38. The molecule has 0 amide bonds. The maximum absolute atomic E-state index is 2.52. The molecule has 0 radical (unpaired) electrons. The zero-order valence-electron chi connectivity index (χ0n) is 8.02. The molecule has 0 aromatic carbocycles. The van der Waals surface area contributed by atoms with E-state index in [4.69, 9.17) is 0 Å². The van der Waals surface area contributed by atoms with Crippen molar-refractivity contribution < 1.29 is 0 Å². The number of nitrogens with zero attached hydrogens (tertiary/aromatic N) is 2. The van der Waals surface area contributed by atoms with Crippen molar-refractivity contribution in [2.75, 3.05) is 0 Å². The summed E-state index contributed by atoms with van der Waals surface area (Å²) >= 11 is 4.12. The normalized spacial score (nSPS) is 50.0. The lowest BCUT2D eigenvalue weighted by molar-refractivity contribution is -0.0121. The highest BCUT2D eigenvalue weighted by molar-refractivity contribution is 8.02. The van der Waals surface area contributed by atoms with E-state index in [2.05, 4.69) is 61.2 Å². The minimum atomic E-state index is 0.660. The molecule has 70 valence electrons. The fraction of sp³-hybridized carbons (Fsp3) is 1.00. The largest absolute Gasteiger partial charge is 0.214 e. The first kappa shape index (κ1) is 9.19. The Kier molecular flexibility index (Phi) is 2.36. The molecular formula is C8H16N2S2. The van der Waals surface area contributed by atoms with Gasteiger partial charge >= 0.3 is 0 Å². The average molecular weight is 204 g/mol. The third kappa shape index (κ3) is 1.20. The lowest BCUT2D eigenvalue weighted by Gasteiger charge is -2.27. The molecule has 2 heterocycles. The molecule has 2 saturated heterocycles. The number of hydrogen-bond acceptors (Lipinski definition) is 4. The van der Waals surface area contributed by atoms with Crippen molar-refractivity contribution in [1.82, 2.24) is 10.0 Å². The predicted octanol–water partition coefficient (Wildman–Crippen LogP) is 2.38. The second-order valence-corrected chi connectivity index (χ2v) is 6.70. The summed E-state index contributed by atoms with van der Waals surface area (Å²) in [6.45, 7) is 9.21. The molecule has 4 atom stereocenters. The topological polar surface area (TPSA) is 6.48 Å². The summed E-state index contributed by atoms with van der Waals surface area (Å²) in [5.41, 5.74) is 0. The molecule has 2 rings (SSSR count). The van der Waals surface area contributed by atoms with E-state index in [1.165, 1.54) is 0 Å².